The van der Waals surface area contributed by atoms with Crippen molar-refractivity contribution in [2.75, 3.05) is 18.1 Å². The Bertz CT molecular complexity index is 602. The minimum Gasteiger partial charge on any atom is -0.310 e. The standard InChI is InChI=1S/C13H17F3N2O2S/c1-2-18-12(9-4-6-21(19,20)8-9)10-7-17-5-3-11(10)13(14,15)16/h3,5,7,9,12,18H,2,4,6,8H2,1H3. The molecule has 0 radical (unpaired) electrons. The molecule has 0 saturated carbocycles. The van der Waals surface area contributed by atoms with E-state index in [1.54, 1.807) is 6.92 Å². The minimum absolute atomic E-state index is 0.0222. The molecular formula is C13H17F3N2O2S. The molecule has 1 aromatic heterocycles. The maximum absolute atomic E-state index is 13.1. The molecule has 0 amide bonds. The fraction of sp³-hybridized carbons (Fsp3) is 0.615. The summed E-state index contributed by atoms with van der Waals surface area (Å²) in [7, 11) is -3.16. The molecule has 1 saturated heterocycles. The zero-order valence-electron chi connectivity index (χ0n) is 11.5. The Hall–Kier alpha value is -1.15. The van der Waals surface area contributed by atoms with Gasteiger partial charge in [-0.25, -0.2) is 8.42 Å². The van der Waals surface area contributed by atoms with Gasteiger partial charge in [-0.3, -0.25) is 4.98 Å². The third-order valence-electron chi connectivity index (χ3n) is 3.66. The molecule has 1 fully saturated rings. The first kappa shape index (κ1) is 16.2. The number of nitrogens with zero attached hydrogens (tertiary/aromatic N) is 1. The summed E-state index contributed by atoms with van der Waals surface area (Å²) in [5, 5.41) is 2.99. The van der Waals surface area contributed by atoms with Crippen LogP contribution in [0.25, 0.3) is 0 Å². The predicted octanol–water partition coefficient (Wildman–Crippen LogP) is 2.19. The highest BCUT2D eigenvalue weighted by atomic mass is 32.2. The Morgan fingerprint density at radius 3 is 2.71 bits per heavy atom. The van der Waals surface area contributed by atoms with Gasteiger partial charge in [-0.2, -0.15) is 13.2 Å². The first-order chi connectivity index (χ1) is 9.74. The van der Waals surface area contributed by atoms with Crippen molar-refractivity contribution in [1.29, 1.82) is 0 Å². The summed E-state index contributed by atoms with van der Waals surface area (Å²) in [6, 6.07) is 0.279. The largest absolute Gasteiger partial charge is 0.416 e. The average molecular weight is 322 g/mol. The number of alkyl halides is 3. The van der Waals surface area contributed by atoms with Gasteiger partial charge in [0.2, 0.25) is 0 Å². The first-order valence-corrected chi connectivity index (χ1v) is 8.51. The maximum Gasteiger partial charge on any atom is 0.416 e. The van der Waals surface area contributed by atoms with E-state index in [4.69, 9.17) is 0 Å². The second-order valence-corrected chi connectivity index (χ2v) is 7.39. The van der Waals surface area contributed by atoms with E-state index in [0.717, 1.165) is 12.3 Å². The van der Waals surface area contributed by atoms with Crippen molar-refractivity contribution in [1.82, 2.24) is 10.3 Å². The molecule has 21 heavy (non-hydrogen) atoms. The van der Waals surface area contributed by atoms with Crippen LogP contribution in [0.15, 0.2) is 18.5 Å². The Labute approximate surface area is 121 Å². The fourth-order valence-corrected chi connectivity index (χ4v) is 4.59. The molecule has 1 aromatic rings. The molecule has 1 N–H and O–H groups in total. The van der Waals surface area contributed by atoms with Crippen LogP contribution in [0.5, 0.6) is 0 Å². The van der Waals surface area contributed by atoms with Crippen LogP contribution < -0.4 is 5.32 Å². The van der Waals surface area contributed by atoms with Crippen LogP contribution in [0, 0.1) is 5.92 Å². The molecule has 0 aliphatic carbocycles. The Balaban J connectivity index is 2.40. The smallest absolute Gasteiger partial charge is 0.310 e. The van der Waals surface area contributed by atoms with Crippen molar-refractivity contribution in [3.8, 4) is 0 Å². The van der Waals surface area contributed by atoms with Gasteiger partial charge in [-0.15, -0.1) is 0 Å². The topological polar surface area (TPSA) is 59.1 Å². The number of rotatable bonds is 4. The summed E-state index contributed by atoms with van der Waals surface area (Å²) in [5.74, 6) is -0.418. The quantitative estimate of drug-likeness (QED) is 0.923. The van der Waals surface area contributed by atoms with Gasteiger partial charge in [0.15, 0.2) is 9.84 Å². The van der Waals surface area contributed by atoms with Crippen molar-refractivity contribution >= 4 is 9.84 Å². The van der Waals surface area contributed by atoms with Crippen LogP contribution in [-0.4, -0.2) is 31.5 Å². The van der Waals surface area contributed by atoms with Crippen LogP contribution in [0.4, 0.5) is 13.2 Å². The number of halogens is 3. The number of sulfone groups is 1. The van der Waals surface area contributed by atoms with Crippen molar-refractivity contribution in [2.45, 2.75) is 25.6 Å². The van der Waals surface area contributed by atoms with Crippen molar-refractivity contribution in [3.63, 3.8) is 0 Å². The zero-order valence-corrected chi connectivity index (χ0v) is 12.3. The van der Waals surface area contributed by atoms with Gasteiger partial charge in [0, 0.05) is 18.4 Å². The first-order valence-electron chi connectivity index (χ1n) is 6.69. The lowest BCUT2D eigenvalue weighted by molar-refractivity contribution is -0.138. The van der Waals surface area contributed by atoms with Gasteiger partial charge in [-0.1, -0.05) is 6.92 Å². The highest BCUT2D eigenvalue weighted by Crippen LogP contribution is 2.38. The molecule has 2 atom stereocenters. The summed E-state index contributed by atoms with van der Waals surface area (Å²) in [5.41, 5.74) is -0.735. The number of nitrogens with one attached hydrogen (secondary N) is 1. The zero-order chi connectivity index (χ0) is 15.7. The lowest BCUT2D eigenvalue weighted by atomic mass is 9.90. The summed E-state index contributed by atoms with van der Waals surface area (Å²) in [6.07, 6.45) is -1.84. The third-order valence-corrected chi connectivity index (χ3v) is 5.45. The lowest BCUT2D eigenvalue weighted by Gasteiger charge is -2.26. The Morgan fingerprint density at radius 2 is 2.19 bits per heavy atom. The van der Waals surface area contributed by atoms with Crippen LogP contribution in [0.1, 0.15) is 30.5 Å². The lowest BCUT2D eigenvalue weighted by Crippen LogP contribution is -2.31. The molecule has 2 rings (SSSR count). The fourth-order valence-electron chi connectivity index (χ4n) is 2.75. The number of pyridine rings is 1. The molecule has 2 unspecified atom stereocenters. The molecule has 1 aliphatic heterocycles. The average Bonchev–Trinajstić information content (AvgIpc) is 2.75. The molecule has 0 spiro atoms. The van der Waals surface area contributed by atoms with E-state index >= 15 is 0 Å². The molecular weight excluding hydrogens is 305 g/mol. The molecule has 0 bridgehead atoms. The summed E-state index contributed by atoms with van der Waals surface area (Å²) in [4.78, 5) is 3.78. The van der Waals surface area contributed by atoms with Crippen LogP contribution in [0.3, 0.4) is 0 Å². The highest BCUT2D eigenvalue weighted by Gasteiger charge is 2.40. The van der Waals surface area contributed by atoms with E-state index in [1.807, 2.05) is 0 Å². The molecule has 118 valence electrons. The van der Waals surface area contributed by atoms with E-state index in [9.17, 15) is 21.6 Å². The number of aromatic nitrogens is 1. The van der Waals surface area contributed by atoms with E-state index in [2.05, 4.69) is 10.3 Å². The van der Waals surface area contributed by atoms with Gasteiger partial charge in [0.1, 0.15) is 0 Å². The molecule has 4 nitrogen and oxygen atoms in total. The van der Waals surface area contributed by atoms with Crippen molar-refractivity contribution in [3.05, 3.63) is 29.6 Å². The van der Waals surface area contributed by atoms with E-state index in [0.29, 0.717) is 13.0 Å². The van der Waals surface area contributed by atoms with E-state index in [-0.39, 0.29) is 23.0 Å². The van der Waals surface area contributed by atoms with Gasteiger partial charge < -0.3 is 5.32 Å². The summed E-state index contributed by atoms with van der Waals surface area (Å²) >= 11 is 0. The highest BCUT2D eigenvalue weighted by molar-refractivity contribution is 7.91. The number of hydrogen-bond acceptors (Lipinski definition) is 4. The van der Waals surface area contributed by atoms with Gasteiger partial charge in [-0.05, 0) is 30.5 Å². The van der Waals surface area contributed by atoms with Crippen LogP contribution >= 0.6 is 0 Å². The molecule has 8 heteroatoms. The second-order valence-electron chi connectivity index (χ2n) is 5.16. The second kappa shape index (κ2) is 5.92. The van der Waals surface area contributed by atoms with Gasteiger partial charge >= 0.3 is 6.18 Å². The van der Waals surface area contributed by atoms with Crippen molar-refractivity contribution < 1.29 is 21.6 Å². The number of hydrogen-bond donors (Lipinski definition) is 1. The van der Waals surface area contributed by atoms with E-state index < -0.39 is 27.6 Å². The molecule has 1 aliphatic rings. The normalized spacial score (nSPS) is 23.1. The Kier molecular flexibility index (Phi) is 4.57. The van der Waals surface area contributed by atoms with Crippen molar-refractivity contribution in [2.24, 2.45) is 5.92 Å². The third kappa shape index (κ3) is 3.74. The van der Waals surface area contributed by atoms with Crippen LogP contribution in [0.2, 0.25) is 0 Å². The summed E-state index contributed by atoms with van der Waals surface area (Å²) in [6.45, 7) is 2.23. The predicted molar refractivity (Wildman–Crippen MR) is 72.4 cm³/mol. The maximum atomic E-state index is 13.1. The molecule has 0 aromatic carbocycles. The van der Waals surface area contributed by atoms with Gasteiger partial charge in [0.05, 0.1) is 17.1 Å². The van der Waals surface area contributed by atoms with Gasteiger partial charge in [0.25, 0.3) is 0 Å². The minimum atomic E-state index is -4.48. The molecule has 2 heterocycles. The monoisotopic (exact) mass is 322 g/mol. The summed E-state index contributed by atoms with van der Waals surface area (Å²) < 4.78 is 62.5. The van der Waals surface area contributed by atoms with Crippen LogP contribution in [-0.2, 0) is 16.0 Å². The Morgan fingerprint density at radius 1 is 1.48 bits per heavy atom. The SMILES string of the molecule is CCNC(c1cnccc1C(F)(F)F)C1CCS(=O)(=O)C1. The van der Waals surface area contributed by atoms with E-state index in [1.165, 1.54) is 6.20 Å².